The number of carboxylic acid groups (broad SMARTS) is 2. The highest BCUT2D eigenvalue weighted by Crippen LogP contribution is 2.36. The first-order valence-electron chi connectivity index (χ1n) is 10.3. The van der Waals surface area contributed by atoms with Gasteiger partial charge in [0.05, 0.1) is 13.3 Å². The third-order valence-corrected chi connectivity index (χ3v) is 16.6. The molecule has 28 heavy (non-hydrogen) atoms. The molecule has 0 saturated heterocycles. The van der Waals surface area contributed by atoms with E-state index in [1.165, 1.54) is 0 Å². The first-order chi connectivity index (χ1) is 12.5. The molecule has 0 saturated carbocycles. The maximum absolute atomic E-state index is 11.0. The van der Waals surface area contributed by atoms with Gasteiger partial charge in [-0.3, -0.25) is 9.59 Å². The minimum absolute atomic E-state index is 0.0896. The minimum Gasteiger partial charge on any atom is -0.481 e. The molecule has 2 N–H and O–H groups in total. The third-order valence-electron chi connectivity index (χ3n) is 6.05. The highest BCUT2D eigenvalue weighted by molar-refractivity contribution is 6.81. The number of aliphatic carboxylic acids is 2. The maximum atomic E-state index is 11.0. The molecule has 0 heterocycles. The summed E-state index contributed by atoms with van der Waals surface area (Å²) in [6, 6.07) is 1.28. The predicted octanol–water partition coefficient (Wildman–Crippen LogP) is 5.11. The van der Waals surface area contributed by atoms with E-state index in [2.05, 4.69) is 60.1 Å². The van der Waals surface area contributed by atoms with Gasteiger partial charge in [-0.2, -0.15) is 0 Å². The average molecular weight is 451 g/mol. The lowest BCUT2D eigenvalue weighted by atomic mass is 10.3. The Balaban J connectivity index is 5.46. The van der Waals surface area contributed by atoms with Crippen LogP contribution in [0.2, 0.25) is 51.4 Å². The summed E-state index contributed by atoms with van der Waals surface area (Å²) in [5, 5.41) is 17.7. The SMILES string of the molecule is CCC(O[Si](C)(C)C(C)(CC)O[Si](C)(C)CCC(=O)O)[Si](C)(C)CCC(=O)O. The van der Waals surface area contributed by atoms with Crippen LogP contribution in [0.15, 0.2) is 0 Å². The molecular weight excluding hydrogens is 408 g/mol. The molecule has 0 aromatic heterocycles. The summed E-state index contributed by atoms with van der Waals surface area (Å²) in [6.45, 7) is 19.3. The van der Waals surface area contributed by atoms with E-state index in [0.29, 0.717) is 12.1 Å². The molecule has 0 aromatic rings. The Labute approximate surface area is 174 Å². The zero-order valence-corrected chi connectivity index (χ0v) is 22.3. The van der Waals surface area contributed by atoms with Gasteiger partial charge in [-0.15, -0.1) is 0 Å². The summed E-state index contributed by atoms with van der Waals surface area (Å²) in [7, 11) is -6.36. The highest BCUT2D eigenvalue weighted by Gasteiger charge is 2.50. The summed E-state index contributed by atoms with van der Waals surface area (Å²) < 4.78 is 13.5. The van der Waals surface area contributed by atoms with E-state index < -0.39 is 41.9 Å². The third kappa shape index (κ3) is 8.48. The van der Waals surface area contributed by atoms with Crippen LogP contribution in [0.3, 0.4) is 0 Å². The van der Waals surface area contributed by atoms with Crippen molar-refractivity contribution < 1.29 is 28.7 Å². The predicted molar refractivity (Wildman–Crippen MR) is 122 cm³/mol. The first-order valence-corrected chi connectivity index (χ1v) is 19.6. The van der Waals surface area contributed by atoms with Crippen molar-refractivity contribution >= 4 is 36.6 Å². The monoisotopic (exact) mass is 450 g/mol. The molecule has 0 aromatic carbocycles. The highest BCUT2D eigenvalue weighted by atomic mass is 28.4. The standard InChI is InChI=1S/C19H42O6Si3/c1-10-18(26(4,5)14-12-16(20)21)24-28(8,9)19(3,11-2)25-27(6,7)15-13-17(22)23/h18H,10-15H2,1-9H3,(H,20,21)(H,22,23). The Morgan fingerprint density at radius 2 is 1.39 bits per heavy atom. The molecule has 0 radical (unpaired) electrons. The molecule has 0 aliphatic carbocycles. The summed E-state index contributed by atoms with van der Waals surface area (Å²) in [4.78, 5) is 22.0. The summed E-state index contributed by atoms with van der Waals surface area (Å²) in [5.41, 5.74) is 0.0896. The van der Waals surface area contributed by atoms with Crippen LogP contribution >= 0.6 is 0 Å². The molecule has 2 atom stereocenters. The number of rotatable bonds is 14. The van der Waals surface area contributed by atoms with Crippen molar-refractivity contribution in [3.8, 4) is 0 Å². The van der Waals surface area contributed by atoms with Crippen LogP contribution in [0.5, 0.6) is 0 Å². The molecule has 0 rings (SSSR count). The number of carboxylic acids is 2. The van der Waals surface area contributed by atoms with Crippen LogP contribution in [0.25, 0.3) is 0 Å². The van der Waals surface area contributed by atoms with Crippen LogP contribution in [0.1, 0.15) is 46.5 Å². The molecule has 0 amide bonds. The van der Waals surface area contributed by atoms with E-state index in [1.807, 2.05) is 0 Å². The number of carbonyl (C=O) groups is 2. The van der Waals surface area contributed by atoms with E-state index in [4.69, 9.17) is 19.1 Å². The van der Waals surface area contributed by atoms with Gasteiger partial charge in [-0.25, -0.2) is 0 Å². The van der Waals surface area contributed by atoms with Crippen molar-refractivity contribution in [3.63, 3.8) is 0 Å². The van der Waals surface area contributed by atoms with Gasteiger partial charge in [0.2, 0.25) is 8.32 Å². The van der Waals surface area contributed by atoms with Gasteiger partial charge in [0, 0.05) is 18.6 Å². The Hall–Kier alpha value is -0.489. The molecule has 0 bridgehead atoms. The van der Waals surface area contributed by atoms with Crippen molar-refractivity contribution in [2.75, 3.05) is 0 Å². The zero-order valence-electron chi connectivity index (χ0n) is 19.3. The fourth-order valence-electron chi connectivity index (χ4n) is 3.56. The van der Waals surface area contributed by atoms with Gasteiger partial charge in [-0.05, 0) is 58.0 Å². The maximum Gasteiger partial charge on any atom is 0.303 e. The van der Waals surface area contributed by atoms with Gasteiger partial charge in [0.25, 0.3) is 0 Å². The molecule has 0 aliphatic rings. The van der Waals surface area contributed by atoms with Gasteiger partial charge < -0.3 is 19.1 Å². The van der Waals surface area contributed by atoms with E-state index in [-0.39, 0.29) is 18.6 Å². The molecule has 6 nitrogen and oxygen atoms in total. The molecule has 166 valence electrons. The van der Waals surface area contributed by atoms with Crippen LogP contribution in [0.4, 0.5) is 0 Å². The Morgan fingerprint density at radius 1 is 0.929 bits per heavy atom. The van der Waals surface area contributed by atoms with Gasteiger partial charge >= 0.3 is 11.9 Å². The number of hydrogen-bond acceptors (Lipinski definition) is 4. The minimum atomic E-state index is -2.32. The summed E-state index contributed by atoms with van der Waals surface area (Å²) >= 11 is 0. The van der Waals surface area contributed by atoms with Crippen molar-refractivity contribution in [1.82, 2.24) is 0 Å². The van der Waals surface area contributed by atoms with Gasteiger partial charge in [0.1, 0.15) is 0 Å². The van der Waals surface area contributed by atoms with E-state index in [1.54, 1.807) is 0 Å². The van der Waals surface area contributed by atoms with Crippen LogP contribution < -0.4 is 0 Å². The average Bonchev–Trinajstić information content (AvgIpc) is 2.55. The second kappa shape index (κ2) is 10.5. The van der Waals surface area contributed by atoms with Crippen molar-refractivity contribution in [3.05, 3.63) is 0 Å². The van der Waals surface area contributed by atoms with Crippen molar-refractivity contribution in [2.24, 2.45) is 0 Å². The van der Waals surface area contributed by atoms with Gasteiger partial charge in [-0.1, -0.05) is 26.9 Å². The fraction of sp³-hybridized carbons (Fsp3) is 0.895. The number of hydrogen-bond donors (Lipinski definition) is 2. The van der Waals surface area contributed by atoms with Gasteiger partial charge in [0.15, 0.2) is 8.32 Å². The molecular formula is C19H42O6Si3. The lowest BCUT2D eigenvalue weighted by Crippen LogP contribution is -2.63. The normalized spacial score (nSPS) is 16.5. The fourth-order valence-corrected chi connectivity index (χ4v) is 14.1. The molecule has 0 fully saturated rings. The van der Waals surface area contributed by atoms with Crippen LogP contribution in [-0.4, -0.2) is 57.8 Å². The molecule has 0 aliphatic heterocycles. The summed E-state index contributed by atoms with van der Waals surface area (Å²) in [6.07, 6.45) is 2.00. The molecule has 9 heteroatoms. The Kier molecular flexibility index (Phi) is 10.3. The van der Waals surface area contributed by atoms with E-state index in [9.17, 15) is 9.59 Å². The molecule has 2 unspecified atom stereocenters. The largest absolute Gasteiger partial charge is 0.481 e. The second-order valence-corrected chi connectivity index (χ2v) is 23.4. The van der Waals surface area contributed by atoms with E-state index >= 15 is 0 Å². The van der Waals surface area contributed by atoms with Crippen molar-refractivity contribution in [1.29, 1.82) is 0 Å². The van der Waals surface area contributed by atoms with Crippen LogP contribution in [0, 0.1) is 0 Å². The topological polar surface area (TPSA) is 93.1 Å². The lowest BCUT2D eigenvalue weighted by Gasteiger charge is -2.49. The smallest absolute Gasteiger partial charge is 0.303 e. The lowest BCUT2D eigenvalue weighted by molar-refractivity contribution is -0.137. The zero-order chi connectivity index (χ0) is 22.4. The molecule has 0 spiro atoms. The second-order valence-electron chi connectivity index (χ2n) is 9.75. The van der Waals surface area contributed by atoms with Crippen LogP contribution in [-0.2, 0) is 18.4 Å². The van der Waals surface area contributed by atoms with E-state index in [0.717, 1.165) is 12.8 Å². The van der Waals surface area contributed by atoms with Crippen molar-refractivity contribution in [2.45, 2.75) is 109 Å². The summed E-state index contributed by atoms with van der Waals surface area (Å²) in [5.74, 6) is -1.53. The Bertz CT molecular complexity index is 536. The quantitative estimate of drug-likeness (QED) is 0.357. The first kappa shape index (κ1) is 27.5. The Morgan fingerprint density at radius 3 is 1.79 bits per heavy atom.